The predicted molar refractivity (Wildman–Crippen MR) is 102 cm³/mol. The quantitative estimate of drug-likeness (QED) is 0.567. The van der Waals surface area contributed by atoms with Crippen molar-refractivity contribution in [1.82, 2.24) is 10.4 Å². The van der Waals surface area contributed by atoms with E-state index in [0.29, 0.717) is 11.6 Å². The van der Waals surface area contributed by atoms with Gasteiger partial charge in [-0.2, -0.15) is 5.10 Å². The first kappa shape index (κ1) is 16.2. The molecule has 1 saturated carbocycles. The first-order chi connectivity index (χ1) is 12.8. The smallest absolute Gasteiger partial charge is 0.243 e. The minimum absolute atomic E-state index is 0.00734. The van der Waals surface area contributed by atoms with Crippen molar-refractivity contribution in [1.29, 1.82) is 0 Å². The highest BCUT2D eigenvalue weighted by molar-refractivity contribution is 6.13. The van der Waals surface area contributed by atoms with E-state index in [2.05, 4.69) is 27.6 Å². The number of hydrazone groups is 1. The van der Waals surface area contributed by atoms with E-state index >= 15 is 0 Å². The van der Waals surface area contributed by atoms with Crippen LogP contribution in [0.4, 0.5) is 0 Å². The molecule has 1 amide bonds. The SMILES string of the molecule is O=C(NN=C(c1ccccc1)c1cccnc1)C1CC1c1ccccc1. The van der Waals surface area contributed by atoms with E-state index in [4.69, 9.17) is 0 Å². The molecule has 2 atom stereocenters. The predicted octanol–water partition coefficient (Wildman–Crippen LogP) is 3.75. The standard InChI is InChI=1S/C22H19N3O/c26-22(20-14-19(20)16-8-3-1-4-9-16)25-24-21(17-10-5-2-6-11-17)18-12-7-13-23-15-18/h1-13,15,19-20H,14H2,(H,25,26). The molecule has 4 rings (SSSR count). The summed E-state index contributed by atoms with van der Waals surface area (Å²) < 4.78 is 0. The number of hydrogen-bond donors (Lipinski definition) is 1. The number of rotatable bonds is 5. The molecule has 0 radical (unpaired) electrons. The Kier molecular flexibility index (Phi) is 4.56. The second-order valence-corrected chi connectivity index (χ2v) is 6.40. The van der Waals surface area contributed by atoms with Crippen LogP contribution in [0.25, 0.3) is 0 Å². The van der Waals surface area contributed by atoms with Crippen LogP contribution in [0, 0.1) is 5.92 Å². The van der Waals surface area contributed by atoms with Gasteiger partial charge in [-0.05, 0) is 30.0 Å². The number of amides is 1. The number of carbonyl (C=O) groups is 1. The molecule has 1 fully saturated rings. The molecule has 1 aliphatic carbocycles. The third-order valence-corrected chi connectivity index (χ3v) is 4.62. The van der Waals surface area contributed by atoms with E-state index in [1.54, 1.807) is 12.4 Å². The molecule has 3 aromatic rings. The Morgan fingerprint density at radius 3 is 2.31 bits per heavy atom. The summed E-state index contributed by atoms with van der Waals surface area (Å²) in [7, 11) is 0. The van der Waals surface area contributed by atoms with Crippen molar-refractivity contribution in [3.05, 3.63) is 102 Å². The number of hydrogen-bond acceptors (Lipinski definition) is 3. The van der Waals surface area contributed by atoms with Crippen molar-refractivity contribution in [3.8, 4) is 0 Å². The molecule has 2 unspecified atom stereocenters. The van der Waals surface area contributed by atoms with Crippen LogP contribution in [0.1, 0.15) is 29.0 Å². The lowest BCUT2D eigenvalue weighted by molar-refractivity contribution is -0.122. The first-order valence-electron chi connectivity index (χ1n) is 8.71. The summed E-state index contributed by atoms with van der Waals surface area (Å²) >= 11 is 0. The van der Waals surface area contributed by atoms with Gasteiger partial charge < -0.3 is 0 Å². The molecule has 1 heterocycles. The summed E-state index contributed by atoms with van der Waals surface area (Å²) in [5.74, 6) is 0.258. The van der Waals surface area contributed by atoms with Crippen molar-refractivity contribution in [2.75, 3.05) is 0 Å². The lowest BCUT2D eigenvalue weighted by atomic mass is 10.0. The first-order valence-corrected chi connectivity index (χ1v) is 8.71. The van der Waals surface area contributed by atoms with Gasteiger partial charge in [0.1, 0.15) is 0 Å². The summed E-state index contributed by atoms with van der Waals surface area (Å²) in [6, 6.07) is 23.8. The summed E-state index contributed by atoms with van der Waals surface area (Å²) in [6.07, 6.45) is 4.35. The maximum atomic E-state index is 12.5. The molecule has 0 saturated heterocycles. The summed E-state index contributed by atoms with van der Waals surface area (Å²) in [6.45, 7) is 0. The van der Waals surface area contributed by atoms with Crippen molar-refractivity contribution in [3.63, 3.8) is 0 Å². The molecular formula is C22H19N3O. The van der Waals surface area contributed by atoms with Gasteiger partial charge in [0.2, 0.25) is 5.91 Å². The average Bonchev–Trinajstić information content (AvgIpc) is 3.51. The van der Waals surface area contributed by atoms with Gasteiger partial charge in [0.25, 0.3) is 0 Å². The van der Waals surface area contributed by atoms with Crippen LogP contribution in [0.2, 0.25) is 0 Å². The van der Waals surface area contributed by atoms with Crippen LogP contribution in [0.5, 0.6) is 0 Å². The van der Waals surface area contributed by atoms with Gasteiger partial charge in [-0.25, -0.2) is 5.43 Å². The minimum atomic E-state index is -0.0313. The van der Waals surface area contributed by atoms with Gasteiger partial charge >= 0.3 is 0 Å². The Morgan fingerprint density at radius 2 is 1.62 bits per heavy atom. The normalized spacial score (nSPS) is 19.0. The number of carbonyl (C=O) groups excluding carboxylic acids is 1. The van der Waals surface area contributed by atoms with Crippen LogP contribution in [-0.4, -0.2) is 16.6 Å². The highest BCUT2D eigenvalue weighted by Gasteiger charge is 2.43. The van der Waals surface area contributed by atoms with E-state index < -0.39 is 0 Å². The molecule has 4 heteroatoms. The van der Waals surface area contributed by atoms with Crippen LogP contribution in [-0.2, 0) is 4.79 Å². The molecule has 2 aromatic carbocycles. The van der Waals surface area contributed by atoms with Gasteiger partial charge in [0.05, 0.1) is 5.71 Å². The fourth-order valence-corrected chi connectivity index (χ4v) is 3.14. The van der Waals surface area contributed by atoms with E-state index in [9.17, 15) is 4.79 Å². The number of nitrogens with one attached hydrogen (secondary N) is 1. The van der Waals surface area contributed by atoms with Gasteiger partial charge in [0, 0.05) is 29.4 Å². The zero-order chi connectivity index (χ0) is 17.8. The Bertz CT molecular complexity index is 866. The zero-order valence-electron chi connectivity index (χ0n) is 14.2. The van der Waals surface area contributed by atoms with Gasteiger partial charge in [-0.1, -0.05) is 60.7 Å². The average molecular weight is 341 g/mol. The second-order valence-electron chi connectivity index (χ2n) is 6.40. The monoisotopic (exact) mass is 341 g/mol. The molecule has 0 spiro atoms. The highest BCUT2D eigenvalue weighted by Crippen LogP contribution is 2.47. The lowest BCUT2D eigenvalue weighted by Gasteiger charge is -2.07. The lowest BCUT2D eigenvalue weighted by Crippen LogP contribution is -2.22. The Morgan fingerprint density at radius 1 is 0.923 bits per heavy atom. The summed E-state index contributed by atoms with van der Waals surface area (Å²) in [5, 5.41) is 4.43. The molecule has 0 aliphatic heterocycles. The van der Waals surface area contributed by atoms with Crippen LogP contribution >= 0.6 is 0 Å². The van der Waals surface area contributed by atoms with Crippen molar-refractivity contribution in [2.24, 2.45) is 11.0 Å². The van der Waals surface area contributed by atoms with Crippen molar-refractivity contribution in [2.45, 2.75) is 12.3 Å². The summed E-state index contributed by atoms with van der Waals surface area (Å²) in [4.78, 5) is 16.7. The number of pyridine rings is 1. The maximum absolute atomic E-state index is 12.5. The molecule has 0 bridgehead atoms. The highest BCUT2D eigenvalue weighted by atomic mass is 16.2. The minimum Gasteiger partial charge on any atom is -0.273 e. The van der Waals surface area contributed by atoms with Crippen LogP contribution in [0.15, 0.2) is 90.3 Å². The third kappa shape index (κ3) is 3.54. The number of aromatic nitrogens is 1. The van der Waals surface area contributed by atoms with Gasteiger partial charge in [-0.15, -0.1) is 0 Å². The Labute approximate surface area is 152 Å². The van der Waals surface area contributed by atoms with Crippen molar-refractivity contribution >= 4 is 11.6 Å². The second kappa shape index (κ2) is 7.31. The molecule has 1 aliphatic rings. The Hall–Kier alpha value is -3.27. The van der Waals surface area contributed by atoms with Crippen molar-refractivity contribution < 1.29 is 4.79 Å². The molecular weight excluding hydrogens is 322 g/mol. The number of benzene rings is 2. The van der Waals surface area contributed by atoms with Gasteiger partial charge in [-0.3, -0.25) is 9.78 Å². The van der Waals surface area contributed by atoms with E-state index in [0.717, 1.165) is 17.5 Å². The molecule has 26 heavy (non-hydrogen) atoms. The number of nitrogens with zero attached hydrogens (tertiary/aromatic N) is 2. The summed E-state index contributed by atoms with van der Waals surface area (Å²) in [5.41, 5.74) is 6.50. The topological polar surface area (TPSA) is 54.4 Å². The molecule has 1 N–H and O–H groups in total. The third-order valence-electron chi connectivity index (χ3n) is 4.62. The fourth-order valence-electron chi connectivity index (χ4n) is 3.14. The largest absolute Gasteiger partial charge is 0.273 e. The van der Waals surface area contributed by atoms with Crippen LogP contribution in [0.3, 0.4) is 0 Å². The molecule has 4 nitrogen and oxygen atoms in total. The van der Waals surface area contributed by atoms with E-state index in [1.807, 2.05) is 60.7 Å². The van der Waals surface area contributed by atoms with E-state index in [-0.39, 0.29) is 11.8 Å². The fraction of sp³-hybridized carbons (Fsp3) is 0.136. The van der Waals surface area contributed by atoms with Gasteiger partial charge in [0.15, 0.2) is 0 Å². The molecule has 128 valence electrons. The van der Waals surface area contributed by atoms with Crippen LogP contribution < -0.4 is 5.43 Å². The Balaban J connectivity index is 1.52. The van der Waals surface area contributed by atoms with E-state index in [1.165, 1.54) is 5.56 Å². The molecule has 1 aromatic heterocycles. The zero-order valence-corrected chi connectivity index (χ0v) is 14.2. The maximum Gasteiger partial charge on any atom is 0.243 e.